The van der Waals surface area contributed by atoms with E-state index < -0.39 is 23.1 Å². The lowest BCUT2D eigenvalue weighted by Gasteiger charge is -2.19. The van der Waals surface area contributed by atoms with Crippen molar-refractivity contribution in [1.82, 2.24) is 19.9 Å². The molecule has 5 aromatic rings. The number of amides is 1. The van der Waals surface area contributed by atoms with Gasteiger partial charge in [0.15, 0.2) is 5.65 Å². The van der Waals surface area contributed by atoms with Crippen LogP contribution in [0.25, 0.3) is 16.8 Å². The predicted molar refractivity (Wildman–Crippen MR) is 154 cm³/mol. The number of rotatable bonds is 9. The first-order valence-corrected chi connectivity index (χ1v) is 13.0. The van der Waals surface area contributed by atoms with E-state index in [2.05, 4.69) is 20.7 Å². The first kappa shape index (κ1) is 28.5. The Morgan fingerprint density at radius 1 is 0.952 bits per heavy atom. The zero-order chi connectivity index (χ0) is 30.0. The Morgan fingerprint density at radius 3 is 2.43 bits per heavy atom. The number of fused-ring (bicyclic) bond motifs is 1. The van der Waals surface area contributed by atoms with Gasteiger partial charge in [-0.1, -0.05) is 18.2 Å². The van der Waals surface area contributed by atoms with Gasteiger partial charge in [0, 0.05) is 29.9 Å². The fraction of sp³-hybridized carbons (Fsp3) is 0.194. The van der Waals surface area contributed by atoms with Gasteiger partial charge in [0.2, 0.25) is 5.95 Å². The average Bonchev–Trinajstić information content (AvgIpc) is 3.37. The fourth-order valence-electron chi connectivity index (χ4n) is 4.40. The molecule has 11 heteroatoms. The van der Waals surface area contributed by atoms with E-state index in [0.717, 1.165) is 23.3 Å². The Balaban J connectivity index is 1.35. The van der Waals surface area contributed by atoms with Crippen LogP contribution in [0.3, 0.4) is 0 Å². The molecule has 9 nitrogen and oxygen atoms in total. The van der Waals surface area contributed by atoms with Gasteiger partial charge in [-0.2, -0.15) is 4.98 Å². The summed E-state index contributed by atoms with van der Waals surface area (Å²) in [7, 11) is 3.00. The predicted octanol–water partition coefficient (Wildman–Crippen LogP) is 5.59. The molecule has 3 aromatic carbocycles. The minimum absolute atomic E-state index is 0.107. The molecule has 0 bridgehead atoms. The van der Waals surface area contributed by atoms with Crippen molar-refractivity contribution in [3.8, 4) is 22.6 Å². The number of hydrogen-bond donors (Lipinski definition) is 3. The zero-order valence-electron chi connectivity index (χ0n) is 23.4. The van der Waals surface area contributed by atoms with Crippen LogP contribution in [-0.4, -0.2) is 39.8 Å². The molecule has 0 atom stereocenters. The molecule has 5 rings (SSSR count). The van der Waals surface area contributed by atoms with Crippen LogP contribution in [0.4, 0.5) is 20.4 Å². The third-order valence-corrected chi connectivity index (χ3v) is 6.72. The fourth-order valence-corrected chi connectivity index (χ4v) is 4.40. The van der Waals surface area contributed by atoms with Gasteiger partial charge in [0.05, 0.1) is 31.1 Å². The van der Waals surface area contributed by atoms with E-state index in [1.54, 1.807) is 68.1 Å². The first-order valence-electron chi connectivity index (χ1n) is 13.0. The number of halogens is 2. The minimum Gasteiger partial charge on any atom is -0.496 e. The van der Waals surface area contributed by atoms with Gasteiger partial charge in [-0.25, -0.2) is 13.3 Å². The number of methoxy groups -OCH3 is 2. The van der Waals surface area contributed by atoms with Crippen molar-refractivity contribution in [1.29, 1.82) is 0 Å². The average molecular weight is 574 g/mol. The van der Waals surface area contributed by atoms with E-state index in [1.165, 1.54) is 13.2 Å². The SMILES string of the molecule is COc1cc(C(C)(C)O)ccc1Nc1nc2ccc(-c3ccc(C(=O)NCc4ccc(F)cc4F)c(OC)c3)cn2n1. The summed E-state index contributed by atoms with van der Waals surface area (Å²) in [6, 6.07) is 17.3. The van der Waals surface area contributed by atoms with Crippen LogP contribution in [0.2, 0.25) is 0 Å². The van der Waals surface area contributed by atoms with E-state index in [0.29, 0.717) is 34.3 Å². The Bertz CT molecular complexity index is 1780. The smallest absolute Gasteiger partial charge is 0.255 e. The zero-order valence-corrected chi connectivity index (χ0v) is 23.4. The van der Waals surface area contributed by atoms with Crippen LogP contribution in [0.5, 0.6) is 11.5 Å². The molecule has 42 heavy (non-hydrogen) atoms. The molecule has 0 aliphatic heterocycles. The standard InChI is InChI=1S/C31H29F2N5O4/c1-31(2,40)21-8-11-25(27(14-21)42-4)35-30-36-28-12-7-20(17-38(28)37-30)18-6-10-23(26(13-18)41-3)29(39)34-16-19-5-9-22(32)15-24(19)33/h5-15,17,40H,16H2,1-4H3,(H,34,39)(H,35,37). The number of nitrogens with zero attached hydrogens (tertiary/aromatic N) is 3. The highest BCUT2D eigenvalue weighted by Gasteiger charge is 2.19. The van der Waals surface area contributed by atoms with Crippen LogP contribution in [0.15, 0.2) is 72.9 Å². The number of hydrogen-bond acceptors (Lipinski definition) is 7. The molecule has 0 spiro atoms. The topological polar surface area (TPSA) is 110 Å². The van der Waals surface area contributed by atoms with Gasteiger partial charge < -0.3 is 25.2 Å². The van der Waals surface area contributed by atoms with Gasteiger partial charge in [-0.05, 0) is 67.4 Å². The number of carbonyl (C=O) groups is 1. The highest BCUT2D eigenvalue weighted by molar-refractivity contribution is 5.97. The highest BCUT2D eigenvalue weighted by Crippen LogP contribution is 2.32. The second-order valence-corrected chi connectivity index (χ2v) is 10.1. The van der Waals surface area contributed by atoms with Crippen LogP contribution >= 0.6 is 0 Å². The van der Waals surface area contributed by atoms with E-state index in [-0.39, 0.29) is 17.7 Å². The molecule has 0 unspecified atom stereocenters. The van der Waals surface area contributed by atoms with Gasteiger partial charge in [0.25, 0.3) is 5.91 Å². The van der Waals surface area contributed by atoms with Crippen molar-refractivity contribution in [3.05, 3.63) is 101 Å². The minimum atomic E-state index is -1.02. The number of pyridine rings is 1. The van der Waals surface area contributed by atoms with Crippen molar-refractivity contribution < 1.29 is 28.2 Å². The molecular weight excluding hydrogens is 544 g/mol. The maximum absolute atomic E-state index is 14.0. The lowest BCUT2D eigenvalue weighted by molar-refractivity contribution is 0.0783. The summed E-state index contributed by atoms with van der Waals surface area (Å²) in [5, 5.41) is 20.6. The van der Waals surface area contributed by atoms with Crippen molar-refractivity contribution in [3.63, 3.8) is 0 Å². The molecule has 2 heterocycles. The van der Waals surface area contributed by atoms with E-state index in [9.17, 15) is 18.7 Å². The molecular formula is C31H29F2N5O4. The summed E-state index contributed by atoms with van der Waals surface area (Å²) < 4.78 is 39.7. The molecule has 1 amide bonds. The largest absolute Gasteiger partial charge is 0.496 e. The maximum Gasteiger partial charge on any atom is 0.255 e. The second kappa shape index (κ2) is 11.5. The van der Waals surface area contributed by atoms with Crippen molar-refractivity contribution in [2.45, 2.75) is 26.0 Å². The summed E-state index contributed by atoms with van der Waals surface area (Å²) in [5.74, 6) is -0.670. The Kier molecular flexibility index (Phi) is 7.77. The molecule has 0 aliphatic rings. The molecule has 2 aromatic heterocycles. The summed E-state index contributed by atoms with van der Waals surface area (Å²) in [4.78, 5) is 17.4. The number of nitrogens with one attached hydrogen (secondary N) is 2. The number of anilines is 2. The Hall–Kier alpha value is -5.03. The molecule has 0 aliphatic carbocycles. The normalized spacial score (nSPS) is 11.4. The van der Waals surface area contributed by atoms with Crippen molar-refractivity contribution in [2.75, 3.05) is 19.5 Å². The highest BCUT2D eigenvalue weighted by atomic mass is 19.1. The van der Waals surface area contributed by atoms with Crippen molar-refractivity contribution in [2.24, 2.45) is 0 Å². The third kappa shape index (κ3) is 6.01. The number of benzene rings is 3. The van der Waals surface area contributed by atoms with Crippen LogP contribution in [0.1, 0.15) is 35.3 Å². The monoisotopic (exact) mass is 573 g/mol. The molecule has 0 saturated heterocycles. The molecule has 3 N–H and O–H groups in total. The number of aromatic nitrogens is 3. The van der Waals surface area contributed by atoms with Crippen LogP contribution in [-0.2, 0) is 12.1 Å². The quantitative estimate of drug-likeness (QED) is 0.211. The summed E-state index contributed by atoms with van der Waals surface area (Å²) in [6.45, 7) is 3.30. The van der Waals surface area contributed by atoms with Gasteiger partial charge in [-0.3, -0.25) is 4.79 Å². The number of carbonyl (C=O) groups excluding carboxylic acids is 1. The third-order valence-electron chi connectivity index (χ3n) is 6.72. The van der Waals surface area contributed by atoms with Gasteiger partial charge in [-0.15, -0.1) is 5.10 Å². The van der Waals surface area contributed by atoms with Crippen LogP contribution < -0.4 is 20.1 Å². The summed E-state index contributed by atoms with van der Waals surface area (Å²) >= 11 is 0. The van der Waals surface area contributed by atoms with Crippen molar-refractivity contribution >= 4 is 23.2 Å². The molecule has 0 fully saturated rings. The maximum atomic E-state index is 14.0. The molecule has 216 valence electrons. The van der Waals surface area contributed by atoms with Gasteiger partial charge >= 0.3 is 0 Å². The van der Waals surface area contributed by atoms with E-state index >= 15 is 0 Å². The summed E-state index contributed by atoms with van der Waals surface area (Å²) in [5.41, 5.74) is 2.93. The Morgan fingerprint density at radius 2 is 1.71 bits per heavy atom. The van der Waals surface area contributed by atoms with E-state index in [1.807, 2.05) is 12.1 Å². The van der Waals surface area contributed by atoms with Crippen LogP contribution in [0, 0.1) is 11.6 Å². The van der Waals surface area contributed by atoms with Gasteiger partial charge in [0.1, 0.15) is 23.1 Å². The summed E-state index contributed by atoms with van der Waals surface area (Å²) in [6.07, 6.45) is 1.80. The molecule has 0 saturated carbocycles. The number of ether oxygens (including phenoxy) is 2. The second-order valence-electron chi connectivity index (χ2n) is 10.1. The van der Waals surface area contributed by atoms with E-state index in [4.69, 9.17) is 9.47 Å². The molecule has 0 radical (unpaired) electrons. The Labute approximate surface area is 240 Å². The lowest BCUT2D eigenvalue weighted by atomic mass is 9.98. The first-order chi connectivity index (χ1) is 20.0. The lowest BCUT2D eigenvalue weighted by Crippen LogP contribution is -2.24. The number of aliphatic hydroxyl groups is 1.